The van der Waals surface area contributed by atoms with Gasteiger partial charge in [-0.25, -0.2) is 13.1 Å². The molecule has 0 radical (unpaired) electrons. The average Bonchev–Trinajstić information content (AvgIpc) is 3.11. The summed E-state index contributed by atoms with van der Waals surface area (Å²) in [6, 6.07) is 14.9. The van der Waals surface area contributed by atoms with Crippen LogP contribution in [0.25, 0.3) is 0 Å². The van der Waals surface area contributed by atoms with E-state index < -0.39 is 10.0 Å². The van der Waals surface area contributed by atoms with Gasteiger partial charge in [-0.1, -0.05) is 37.1 Å². The topological polar surface area (TPSA) is 55.4 Å². The van der Waals surface area contributed by atoms with Crippen molar-refractivity contribution in [3.05, 3.63) is 58.6 Å². The van der Waals surface area contributed by atoms with Crippen LogP contribution in [-0.4, -0.2) is 22.1 Å². The van der Waals surface area contributed by atoms with Crippen LogP contribution >= 0.6 is 15.9 Å². The van der Waals surface area contributed by atoms with Crippen molar-refractivity contribution in [1.82, 2.24) is 4.72 Å². The van der Waals surface area contributed by atoms with Gasteiger partial charge in [-0.2, -0.15) is 0 Å². The molecular weight excluding hydrogens is 402 g/mol. The maximum absolute atomic E-state index is 12.7. The molecule has 4 nitrogen and oxygen atoms in total. The van der Waals surface area contributed by atoms with Crippen LogP contribution in [0, 0.1) is 0 Å². The molecule has 25 heavy (non-hydrogen) atoms. The van der Waals surface area contributed by atoms with Crippen molar-refractivity contribution in [2.45, 2.75) is 36.0 Å². The molecule has 0 saturated heterocycles. The number of nitrogens with one attached hydrogen (secondary N) is 1. The van der Waals surface area contributed by atoms with Gasteiger partial charge in [0.05, 0.1) is 12.0 Å². The molecular formula is C19H22BrNO3S. The van der Waals surface area contributed by atoms with Crippen LogP contribution in [0.2, 0.25) is 0 Å². The number of hydrogen-bond donors (Lipinski definition) is 1. The van der Waals surface area contributed by atoms with Gasteiger partial charge in [-0.3, -0.25) is 0 Å². The van der Waals surface area contributed by atoms with Crippen molar-refractivity contribution in [2.75, 3.05) is 13.7 Å². The summed E-state index contributed by atoms with van der Waals surface area (Å²) >= 11 is 3.33. The monoisotopic (exact) mass is 423 g/mol. The van der Waals surface area contributed by atoms with Crippen LogP contribution < -0.4 is 9.46 Å². The lowest BCUT2D eigenvalue weighted by atomic mass is 9.79. The Balaban J connectivity index is 1.84. The second kappa shape index (κ2) is 7.48. The summed E-state index contributed by atoms with van der Waals surface area (Å²) in [4.78, 5) is 0.276. The summed E-state index contributed by atoms with van der Waals surface area (Å²) in [6.45, 7) is 0.406. The Morgan fingerprint density at radius 1 is 1.08 bits per heavy atom. The summed E-state index contributed by atoms with van der Waals surface area (Å²) in [7, 11) is -1.91. The third-order valence-corrected chi connectivity index (χ3v) is 7.40. The van der Waals surface area contributed by atoms with E-state index in [-0.39, 0.29) is 10.3 Å². The third-order valence-electron chi connectivity index (χ3n) is 4.99. The van der Waals surface area contributed by atoms with Gasteiger partial charge >= 0.3 is 0 Å². The minimum atomic E-state index is -3.56. The number of rotatable bonds is 6. The molecule has 2 aromatic carbocycles. The minimum Gasteiger partial charge on any atom is -0.497 e. The predicted molar refractivity (Wildman–Crippen MR) is 102 cm³/mol. The molecule has 1 saturated carbocycles. The van der Waals surface area contributed by atoms with Crippen molar-refractivity contribution in [1.29, 1.82) is 0 Å². The molecule has 0 unspecified atom stereocenters. The lowest BCUT2D eigenvalue weighted by molar-refractivity contribution is 0.410. The van der Waals surface area contributed by atoms with Gasteiger partial charge in [0.25, 0.3) is 0 Å². The van der Waals surface area contributed by atoms with Crippen LogP contribution in [-0.2, 0) is 15.4 Å². The largest absolute Gasteiger partial charge is 0.497 e. The first-order valence-electron chi connectivity index (χ1n) is 8.36. The number of hydrogen-bond acceptors (Lipinski definition) is 3. The lowest BCUT2D eigenvalue weighted by Crippen LogP contribution is -2.39. The van der Waals surface area contributed by atoms with Crippen LogP contribution in [0.5, 0.6) is 5.75 Å². The molecule has 0 aliphatic heterocycles. The first-order valence-corrected chi connectivity index (χ1v) is 10.6. The fraction of sp³-hybridized carbons (Fsp3) is 0.368. The summed E-state index contributed by atoms with van der Waals surface area (Å²) in [5, 5.41) is 0. The van der Waals surface area contributed by atoms with Crippen LogP contribution in [0.3, 0.4) is 0 Å². The van der Waals surface area contributed by atoms with Gasteiger partial charge in [0.1, 0.15) is 5.75 Å². The molecule has 0 aromatic heterocycles. The molecule has 1 aliphatic rings. The summed E-state index contributed by atoms with van der Waals surface area (Å²) in [5.74, 6) is 0.811. The maximum Gasteiger partial charge on any atom is 0.241 e. The van der Waals surface area contributed by atoms with Gasteiger partial charge in [-0.15, -0.1) is 0 Å². The fourth-order valence-electron chi connectivity index (χ4n) is 3.54. The van der Waals surface area contributed by atoms with Gasteiger partial charge in [0.15, 0.2) is 0 Å². The predicted octanol–water partition coefficient (Wildman–Crippen LogP) is 4.25. The molecule has 0 amide bonds. The zero-order valence-corrected chi connectivity index (χ0v) is 16.6. The van der Waals surface area contributed by atoms with Crippen molar-refractivity contribution < 1.29 is 13.2 Å². The first-order chi connectivity index (χ1) is 12.0. The zero-order valence-electron chi connectivity index (χ0n) is 14.2. The quantitative estimate of drug-likeness (QED) is 0.755. The average molecular weight is 424 g/mol. The number of sulfonamides is 1. The Hall–Kier alpha value is -1.37. The van der Waals surface area contributed by atoms with Gasteiger partial charge in [0, 0.05) is 16.4 Å². The first kappa shape index (κ1) is 18.4. The SMILES string of the molecule is COc1ccc(C2(CNS(=O)(=O)c3ccccc3Br)CCCC2)cc1. The van der Waals surface area contributed by atoms with E-state index in [1.54, 1.807) is 31.4 Å². The highest BCUT2D eigenvalue weighted by Crippen LogP contribution is 2.41. The van der Waals surface area contributed by atoms with E-state index in [2.05, 4.69) is 32.8 Å². The smallest absolute Gasteiger partial charge is 0.241 e. The molecule has 0 bridgehead atoms. The Bertz CT molecular complexity index is 828. The lowest BCUT2D eigenvalue weighted by Gasteiger charge is -2.30. The number of ether oxygens (including phenoxy) is 1. The molecule has 0 spiro atoms. The van der Waals surface area contributed by atoms with Crippen molar-refractivity contribution >= 4 is 26.0 Å². The van der Waals surface area contributed by atoms with Gasteiger partial charge in [-0.05, 0) is 58.6 Å². The van der Waals surface area contributed by atoms with Crippen molar-refractivity contribution in [3.8, 4) is 5.75 Å². The Morgan fingerprint density at radius 2 is 1.72 bits per heavy atom. The highest BCUT2D eigenvalue weighted by Gasteiger charge is 2.37. The highest BCUT2D eigenvalue weighted by molar-refractivity contribution is 9.10. The van der Waals surface area contributed by atoms with E-state index >= 15 is 0 Å². The summed E-state index contributed by atoms with van der Waals surface area (Å²) in [5.41, 5.74) is 1.02. The Kier molecular flexibility index (Phi) is 5.51. The molecule has 6 heteroatoms. The van der Waals surface area contributed by atoms with E-state index in [1.807, 2.05) is 12.1 Å². The molecule has 1 N–H and O–H groups in total. The van der Waals surface area contributed by atoms with Crippen LogP contribution in [0.1, 0.15) is 31.2 Å². The van der Waals surface area contributed by atoms with E-state index in [0.717, 1.165) is 31.4 Å². The minimum absolute atomic E-state index is 0.152. The Morgan fingerprint density at radius 3 is 2.32 bits per heavy atom. The highest BCUT2D eigenvalue weighted by atomic mass is 79.9. The number of methoxy groups -OCH3 is 1. The normalized spacial score (nSPS) is 16.7. The van der Waals surface area contributed by atoms with Crippen molar-refractivity contribution in [2.24, 2.45) is 0 Å². The fourth-order valence-corrected chi connectivity index (χ4v) is 5.67. The standard InChI is InChI=1S/C19H22BrNO3S/c1-24-16-10-8-15(9-11-16)19(12-4-5-13-19)14-21-25(22,23)18-7-3-2-6-17(18)20/h2-3,6-11,21H,4-5,12-14H2,1H3. The molecule has 134 valence electrons. The van der Waals surface area contributed by atoms with Gasteiger partial charge in [0.2, 0.25) is 10.0 Å². The zero-order chi connectivity index (χ0) is 17.9. The van der Waals surface area contributed by atoms with Gasteiger partial charge < -0.3 is 4.74 Å². The van der Waals surface area contributed by atoms with Crippen LogP contribution in [0.15, 0.2) is 57.9 Å². The maximum atomic E-state index is 12.7. The summed E-state index contributed by atoms with van der Waals surface area (Å²) < 4.78 is 34.1. The van der Waals surface area contributed by atoms with E-state index in [4.69, 9.17) is 4.74 Å². The molecule has 2 aromatic rings. The molecule has 1 aliphatic carbocycles. The molecule has 3 rings (SSSR count). The van der Waals surface area contributed by atoms with Crippen molar-refractivity contribution in [3.63, 3.8) is 0 Å². The molecule has 0 heterocycles. The van der Waals surface area contributed by atoms with Crippen LogP contribution in [0.4, 0.5) is 0 Å². The second-order valence-corrected chi connectivity index (χ2v) is 9.06. The molecule has 1 fully saturated rings. The third kappa shape index (κ3) is 3.91. The Labute approximate surface area is 157 Å². The van der Waals surface area contributed by atoms with E-state index in [0.29, 0.717) is 11.0 Å². The van der Waals surface area contributed by atoms with E-state index in [9.17, 15) is 8.42 Å². The van der Waals surface area contributed by atoms with E-state index in [1.165, 1.54) is 5.56 Å². The summed E-state index contributed by atoms with van der Waals surface area (Å²) in [6.07, 6.45) is 4.20. The number of benzene rings is 2. The molecule has 0 atom stereocenters. The number of halogens is 1. The second-order valence-electron chi connectivity index (χ2n) is 6.47.